The molecule has 1 N–H and O–H groups in total. The van der Waals surface area contributed by atoms with E-state index < -0.39 is 10.0 Å². The Bertz CT molecular complexity index is 682. The summed E-state index contributed by atoms with van der Waals surface area (Å²) in [5.41, 5.74) is 2.33. The van der Waals surface area contributed by atoms with Crippen LogP contribution >= 0.6 is 0 Å². The van der Waals surface area contributed by atoms with E-state index in [0.717, 1.165) is 37.7 Å². The highest BCUT2D eigenvalue weighted by molar-refractivity contribution is 7.89. The van der Waals surface area contributed by atoms with Gasteiger partial charge in [-0.25, -0.2) is 8.42 Å². The van der Waals surface area contributed by atoms with E-state index in [1.807, 2.05) is 18.2 Å². The number of sulfonamides is 1. The topological polar surface area (TPSA) is 66.5 Å². The van der Waals surface area contributed by atoms with Crippen LogP contribution in [0, 0.1) is 5.92 Å². The maximum absolute atomic E-state index is 12.6. The van der Waals surface area contributed by atoms with Crippen molar-refractivity contribution in [1.82, 2.24) is 9.62 Å². The van der Waals surface area contributed by atoms with Crippen LogP contribution in [0.3, 0.4) is 0 Å². The second-order valence-electron chi connectivity index (χ2n) is 7.09. The molecule has 5 nitrogen and oxygen atoms in total. The minimum atomic E-state index is -3.28. The molecule has 1 aliphatic heterocycles. The lowest BCUT2D eigenvalue weighted by Crippen LogP contribution is -2.38. The van der Waals surface area contributed by atoms with E-state index in [0.29, 0.717) is 26.1 Å². The third kappa shape index (κ3) is 5.81. The molecule has 26 heavy (non-hydrogen) atoms. The molecule has 0 saturated carbocycles. The average Bonchev–Trinajstić information content (AvgIpc) is 2.64. The first-order valence-corrected chi connectivity index (χ1v) is 11.4. The molecule has 1 aliphatic rings. The van der Waals surface area contributed by atoms with Crippen molar-refractivity contribution in [3.8, 4) is 0 Å². The molecule has 0 aliphatic carbocycles. The van der Waals surface area contributed by atoms with Crippen LogP contribution in [-0.4, -0.2) is 37.5 Å². The molecule has 0 unspecified atom stereocenters. The Labute approximate surface area is 158 Å². The summed E-state index contributed by atoms with van der Waals surface area (Å²) in [7, 11) is -3.28. The van der Waals surface area contributed by atoms with Crippen molar-refractivity contribution in [2.75, 3.05) is 18.8 Å². The zero-order valence-electron chi connectivity index (χ0n) is 16.0. The lowest BCUT2D eigenvalue weighted by atomic mass is 9.97. The van der Waals surface area contributed by atoms with Crippen LogP contribution in [-0.2, 0) is 27.8 Å². The zero-order chi connectivity index (χ0) is 19.0. The monoisotopic (exact) mass is 380 g/mol. The van der Waals surface area contributed by atoms with Crippen LogP contribution in [0.1, 0.15) is 57.1 Å². The summed E-state index contributed by atoms with van der Waals surface area (Å²) in [5, 5.41) is 2.92. The van der Waals surface area contributed by atoms with E-state index in [-0.39, 0.29) is 17.6 Å². The molecule has 1 amide bonds. The van der Waals surface area contributed by atoms with Crippen molar-refractivity contribution >= 4 is 15.9 Å². The molecule has 1 aromatic carbocycles. The first-order chi connectivity index (χ1) is 12.5. The number of carbonyl (C=O) groups is 1. The van der Waals surface area contributed by atoms with Crippen molar-refractivity contribution in [3.63, 3.8) is 0 Å². The fourth-order valence-corrected chi connectivity index (χ4v) is 5.02. The normalized spacial score (nSPS) is 15.0. The van der Waals surface area contributed by atoms with Gasteiger partial charge < -0.3 is 5.32 Å². The smallest absolute Gasteiger partial charge is 0.223 e. The van der Waals surface area contributed by atoms with E-state index in [4.69, 9.17) is 0 Å². The van der Waals surface area contributed by atoms with Crippen molar-refractivity contribution in [2.45, 2.75) is 58.9 Å². The van der Waals surface area contributed by atoms with Crippen LogP contribution in [0.15, 0.2) is 24.3 Å². The largest absolute Gasteiger partial charge is 0.356 e. The highest BCUT2D eigenvalue weighted by atomic mass is 32.2. The van der Waals surface area contributed by atoms with Gasteiger partial charge in [0.05, 0.1) is 5.75 Å². The number of hydrogen-bond donors (Lipinski definition) is 1. The summed E-state index contributed by atoms with van der Waals surface area (Å²) in [6.07, 6.45) is 4.99. The second kappa shape index (κ2) is 10.1. The molecule has 0 aromatic heterocycles. The van der Waals surface area contributed by atoms with Crippen molar-refractivity contribution in [2.24, 2.45) is 5.92 Å². The van der Waals surface area contributed by atoms with Crippen molar-refractivity contribution in [3.05, 3.63) is 35.4 Å². The number of rotatable bonds is 10. The van der Waals surface area contributed by atoms with Crippen molar-refractivity contribution in [1.29, 1.82) is 0 Å². The standard InChI is InChI=1S/C20H32N2O3S/c1-3-8-18(9-4-2)20(23)21-13-7-15-26(24,25)22-14-12-17-10-5-6-11-19(17)16-22/h5-6,10-11,18H,3-4,7-9,12-16H2,1-2H3,(H,21,23). The fraction of sp³-hybridized carbons (Fsp3) is 0.650. The third-order valence-electron chi connectivity index (χ3n) is 5.01. The number of nitrogens with zero attached hydrogens (tertiary/aromatic N) is 1. The summed E-state index contributed by atoms with van der Waals surface area (Å²) < 4.78 is 26.8. The molecule has 0 fully saturated rings. The Hall–Kier alpha value is -1.40. The minimum Gasteiger partial charge on any atom is -0.356 e. The number of benzene rings is 1. The van der Waals surface area contributed by atoms with Crippen LogP contribution in [0.2, 0.25) is 0 Å². The first-order valence-electron chi connectivity index (χ1n) is 9.80. The van der Waals surface area contributed by atoms with Gasteiger partial charge in [0.2, 0.25) is 15.9 Å². The van der Waals surface area contributed by atoms with Gasteiger partial charge in [0.15, 0.2) is 0 Å². The van der Waals surface area contributed by atoms with Gasteiger partial charge in [-0.1, -0.05) is 51.0 Å². The Balaban J connectivity index is 1.79. The molecule has 0 bridgehead atoms. The van der Waals surface area contributed by atoms with E-state index >= 15 is 0 Å². The fourth-order valence-electron chi connectivity index (χ4n) is 3.55. The molecular weight excluding hydrogens is 348 g/mol. The predicted molar refractivity (Wildman–Crippen MR) is 105 cm³/mol. The maximum Gasteiger partial charge on any atom is 0.223 e. The molecule has 2 rings (SSSR count). The van der Waals surface area contributed by atoms with E-state index in [1.54, 1.807) is 4.31 Å². The summed E-state index contributed by atoms with van der Waals surface area (Å²) in [6, 6.07) is 8.01. The SMILES string of the molecule is CCCC(CCC)C(=O)NCCCS(=O)(=O)N1CCc2ccccc2C1. The molecule has 0 saturated heterocycles. The van der Waals surface area contributed by atoms with Gasteiger partial charge in [0.1, 0.15) is 0 Å². The molecule has 0 atom stereocenters. The van der Waals surface area contributed by atoms with E-state index in [9.17, 15) is 13.2 Å². The Morgan fingerprint density at radius 3 is 2.46 bits per heavy atom. The van der Waals surface area contributed by atoms with E-state index in [1.165, 1.54) is 5.56 Å². The number of hydrogen-bond acceptors (Lipinski definition) is 3. The minimum absolute atomic E-state index is 0.0557. The Kier molecular flexibility index (Phi) is 8.10. The molecule has 1 aromatic rings. The van der Waals surface area contributed by atoms with Gasteiger partial charge in [-0.3, -0.25) is 4.79 Å². The van der Waals surface area contributed by atoms with Gasteiger partial charge in [-0.15, -0.1) is 0 Å². The zero-order valence-corrected chi connectivity index (χ0v) is 16.9. The van der Waals surface area contributed by atoms with Crippen LogP contribution in [0.5, 0.6) is 0 Å². The molecule has 0 radical (unpaired) electrons. The average molecular weight is 381 g/mol. The second-order valence-corrected chi connectivity index (χ2v) is 9.18. The summed E-state index contributed by atoms with van der Waals surface area (Å²) in [4.78, 5) is 12.2. The summed E-state index contributed by atoms with van der Waals surface area (Å²) in [5.74, 6) is 0.208. The maximum atomic E-state index is 12.6. The highest BCUT2D eigenvalue weighted by Crippen LogP contribution is 2.21. The Morgan fingerprint density at radius 1 is 1.15 bits per heavy atom. The van der Waals surface area contributed by atoms with Crippen LogP contribution in [0.25, 0.3) is 0 Å². The quantitative estimate of drug-likeness (QED) is 0.634. The highest BCUT2D eigenvalue weighted by Gasteiger charge is 2.26. The molecule has 6 heteroatoms. The van der Waals surface area contributed by atoms with Gasteiger partial charge >= 0.3 is 0 Å². The lowest BCUT2D eigenvalue weighted by Gasteiger charge is -2.28. The predicted octanol–water partition coefficient (Wildman–Crippen LogP) is 3.10. The van der Waals surface area contributed by atoms with Gasteiger partial charge in [-0.05, 0) is 36.8 Å². The van der Waals surface area contributed by atoms with Crippen LogP contribution in [0.4, 0.5) is 0 Å². The van der Waals surface area contributed by atoms with Crippen LogP contribution < -0.4 is 5.32 Å². The molecule has 1 heterocycles. The van der Waals surface area contributed by atoms with Gasteiger partial charge in [-0.2, -0.15) is 4.31 Å². The van der Waals surface area contributed by atoms with E-state index in [2.05, 4.69) is 25.2 Å². The number of nitrogens with one attached hydrogen (secondary N) is 1. The molecule has 146 valence electrons. The van der Waals surface area contributed by atoms with Crippen molar-refractivity contribution < 1.29 is 13.2 Å². The number of amides is 1. The number of carbonyl (C=O) groups excluding carboxylic acids is 1. The first kappa shape index (κ1) is 20.9. The molecular formula is C20H32N2O3S. The summed E-state index contributed by atoms with van der Waals surface area (Å²) >= 11 is 0. The van der Waals surface area contributed by atoms with Gasteiger partial charge in [0.25, 0.3) is 0 Å². The third-order valence-corrected chi connectivity index (χ3v) is 6.92. The number of fused-ring (bicyclic) bond motifs is 1. The summed E-state index contributed by atoms with van der Waals surface area (Å²) in [6.45, 7) is 5.59. The Morgan fingerprint density at radius 2 is 1.81 bits per heavy atom. The lowest BCUT2D eigenvalue weighted by molar-refractivity contribution is -0.125. The van der Waals surface area contributed by atoms with Gasteiger partial charge in [0, 0.05) is 25.6 Å². The molecule has 0 spiro atoms.